The van der Waals surface area contributed by atoms with Gasteiger partial charge in [0.2, 0.25) is 0 Å². The Labute approximate surface area is 111 Å². The van der Waals surface area contributed by atoms with Crippen molar-refractivity contribution in [2.45, 2.75) is 6.92 Å². The standard InChI is InChI=1S/C15H14FNO2/c1-10-6-7-12(16)13(8-10)17-9-11-4-3-5-14(19-2)15(11)18/h3-9,18H,1-2H3. The molecule has 2 aromatic carbocycles. The minimum atomic E-state index is -0.399. The van der Waals surface area contributed by atoms with Crippen molar-refractivity contribution in [2.24, 2.45) is 4.99 Å². The molecule has 3 nitrogen and oxygen atoms in total. The monoisotopic (exact) mass is 259 g/mol. The van der Waals surface area contributed by atoms with Crippen molar-refractivity contribution in [1.29, 1.82) is 0 Å². The average molecular weight is 259 g/mol. The Balaban J connectivity index is 2.35. The highest BCUT2D eigenvalue weighted by atomic mass is 19.1. The fourth-order valence-electron chi connectivity index (χ4n) is 1.67. The topological polar surface area (TPSA) is 41.8 Å². The van der Waals surface area contributed by atoms with Crippen LogP contribution in [0.3, 0.4) is 0 Å². The van der Waals surface area contributed by atoms with Gasteiger partial charge in [-0.1, -0.05) is 12.1 Å². The van der Waals surface area contributed by atoms with Crippen LogP contribution in [-0.4, -0.2) is 18.4 Å². The summed E-state index contributed by atoms with van der Waals surface area (Å²) in [6.45, 7) is 1.86. The van der Waals surface area contributed by atoms with E-state index in [4.69, 9.17) is 4.74 Å². The van der Waals surface area contributed by atoms with E-state index < -0.39 is 5.82 Å². The number of hydrogen-bond acceptors (Lipinski definition) is 3. The molecule has 0 atom stereocenters. The Hall–Kier alpha value is -2.36. The number of benzene rings is 2. The fraction of sp³-hybridized carbons (Fsp3) is 0.133. The van der Waals surface area contributed by atoms with Crippen LogP contribution >= 0.6 is 0 Å². The van der Waals surface area contributed by atoms with Gasteiger partial charge in [0.1, 0.15) is 5.82 Å². The van der Waals surface area contributed by atoms with Crippen LogP contribution in [0.1, 0.15) is 11.1 Å². The molecule has 0 bridgehead atoms. The highest BCUT2D eigenvalue weighted by Crippen LogP contribution is 2.28. The zero-order chi connectivity index (χ0) is 13.8. The SMILES string of the molecule is COc1cccc(C=Nc2cc(C)ccc2F)c1O. The van der Waals surface area contributed by atoms with Gasteiger partial charge in [0.05, 0.1) is 12.8 Å². The molecule has 0 radical (unpaired) electrons. The van der Waals surface area contributed by atoms with Crippen molar-refractivity contribution >= 4 is 11.9 Å². The summed E-state index contributed by atoms with van der Waals surface area (Å²) in [5.41, 5.74) is 1.63. The van der Waals surface area contributed by atoms with Gasteiger partial charge >= 0.3 is 0 Å². The molecule has 0 aliphatic rings. The maximum Gasteiger partial charge on any atom is 0.166 e. The quantitative estimate of drug-likeness (QED) is 0.856. The van der Waals surface area contributed by atoms with E-state index in [1.807, 2.05) is 6.92 Å². The van der Waals surface area contributed by atoms with Crippen LogP contribution in [0.5, 0.6) is 11.5 Å². The lowest BCUT2D eigenvalue weighted by atomic mass is 10.2. The Morgan fingerprint density at radius 3 is 2.79 bits per heavy atom. The molecule has 0 unspecified atom stereocenters. The zero-order valence-electron chi connectivity index (χ0n) is 10.7. The molecule has 0 saturated heterocycles. The summed E-state index contributed by atoms with van der Waals surface area (Å²) in [5.74, 6) is -0.0558. The summed E-state index contributed by atoms with van der Waals surface area (Å²) in [6.07, 6.45) is 1.41. The minimum absolute atomic E-state index is 0.0122. The van der Waals surface area contributed by atoms with Gasteiger partial charge in [-0.2, -0.15) is 0 Å². The third-order valence-electron chi connectivity index (χ3n) is 2.69. The lowest BCUT2D eigenvalue weighted by Crippen LogP contribution is -1.88. The number of nitrogens with zero attached hydrogens (tertiary/aromatic N) is 1. The van der Waals surface area contributed by atoms with Crippen molar-refractivity contribution < 1.29 is 14.2 Å². The number of aliphatic imine (C=N–C) groups is 1. The Kier molecular flexibility index (Phi) is 3.80. The molecule has 0 aliphatic heterocycles. The number of aromatic hydroxyl groups is 1. The first kappa shape index (κ1) is 13.1. The molecule has 0 fully saturated rings. The third-order valence-corrected chi connectivity index (χ3v) is 2.69. The molecule has 0 amide bonds. The van der Waals surface area contributed by atoms with E-state index in [0.29, 0.717) is 11.3 Å². The largest absolute Gasteiger partial charge is 0.504 e. The van der Waals surface area contributed by atoms with Crippen LogP contribution in [0.4, 0.5) is 10.1 Å². The first-order valence-corrected chi connectivity index (χ1v) is 5.78. The number of para-hydroxylation sites is 1. The van der Waals surface area contributed by atoms with Crippen molar-refractivity contribution in [2.75, 3.05) is 7.11 Å². The summed E-state index contributed by atoms with van der Waals surface area (Å²) in [6, 6.07) is 9.73. The lowest BCUT2D eigenvalue weighted by Gasteiger charge is -2.05. The van der Waals surface area contributed by atoms with E-state index >= 15 is 0 Å². The molecular formula is C15H14FNO2. The van der Waals surface area contributed by atoms with Crippen LogP contribution in [-0.2, 0) is 0 Å². The summed E-state index contributed by atoms with van der Waals surface area (Å²) in [5, 5.41) is 9.88. The average Bonchev–Trinajstić information content (AvgIpc) is 2.41. The summed E-state index contributed by atoms with van der Waals surface area (Å²) in [4.78, 5) is 4.06. The van der Waals surface area contributed by atoms with Crippen molar-refractivity contribution in [1.82, 2.24) is 0 Å². The summed E-state index contributed by atoms with van der Waals surface area (Å²) >= 11 is 0. The molecule has 0 spiro atoms. The van der Waals surface area contributed by atoms with E-state index in [9.17, 15) is 9.50 Å². The van der Waals surface area contributed by atoms with E-state index in [2.05, 4.69) is 4.99 Å². The molecule has 0 saturated carbocycles. The van der Waals surface area contributed by atoms with E-state index in [1.165, 1.54) is 19.4 Å². The predicted octanol–water partition coefficient (Wildman–Crippen LogP) is 3.60. The van der Waals surface area contributed by atoms with E-state index in [1.54, 1.807) is 30.3 Å². The first-order valence-electron chi connectivity index (χ1n) is 5.78. The molecule has 4 heteroatoms. The third kappa shape index (κ3) is 2.91. The van der Waals surface area contributed by atoms with Crippen LogP contribution in [0.2, 0.25) is 0 Å². The molecule has 98 valence electrons. The molecule has 19 heavy (non-hydrogen) atoms. The molecular weight excluding hydrogens is 245 g/mol. The number of phenols is 1. The van der Waals surface area contributed by atoms with Gasteiger partial charge in [0.15, 0.2) is 11.5 Å². The van der Waals surface area contributed by atoms with Gasteiger partial charge in [-0.3, -0.25) is 4.99 Å². The Bertz CT molecular complexity index is 624. The smallest absolute Gasteiger partial charge is 0.166 e. The van der Waals surface area contributed by atoms with E-state index in [0.717, 1.165) is 5.56 Å². The summed E-state index contributed by atoms with van der Waals surface area (Å²) in [7, 11) is 1.47. The Morgan fingerprint density at radius 2 is 2.05 bits per heavy atom. The van der Waals surface area contributed by atoms with Crippen LogP contribution in [0.25, 0.3) is 0 Å². The van der Waals surface area contributed by atoms with Crippen molar-refractivity contribution in [3.63, 3.8) is 0 Å². The number of ether oxygens (including phenoxy) is 1. The number of aryl methyl sites for hydroxylation is 1. The Morgan fingerprint density at radius 1 is 1.26 bits per heavy atom. The molecule has 1 N–H and O–H groups in total. The molecule has 2 aromatic rings. The zero-order valence-corrected chi connectivity index (χ0v) is 10.7. The number of phenolic OH excluding ortho intramolecular Hbond substituents is 1. The highest BCUT2D eigenvalue weighted by molar-refractivity contribution is 5.86. The van der Waals surface area contributed by atoms with Crippen molar-refractivity contribution in [3.05, 3.63) is 53.3 Å². The van der Waals surface area contributed by atoms with Crippen LogP contribution in [0.15, 0.2) is 41.4 Å². The van der Waals surface area contributed by atoms with Crippen LogP contribution < -0.4 is 4.74 Å². The number of halogens is 1. The fourth-order valence-corrected chi connectivity index (χ4v) is 1.67. The number of hydrogen-bond donors (Lipinski definition) is 1. The summed E-state index contributed by atoms with van der Waals surface area (Å²) < 4.78 is 18.5. The van der Waals surface area contributed by atoms with Gasteiger partial charge < -0.3 is 9.84 Å². The molecule has 2 rings (SSSR count). The molecule has 0 aliphatic carbocycles. The second-order valence-corrected chi connectivity index (χ2v) is 4.11. The van der Waals surface area contributed by atoms with Gasteiger partial charge in [0, 0.05) is 11.8 Å². The maximum atomic E-state index is 13.5. The van der Waals surface area contributed by atoms with Gasteiger partial charge in [-0.15, -0.1) is 0 Å². The van der Waals surface area contributed by atoms with E-state index in [-0.39, 0.29) is 11.4 Å². The minimum Gasteiger partial charge on any atom is -0.504 e. The first-order chi connectivity index (χ1) is 9.11. The second-order valence-electron chi connectivity index (χ2n) is 4.11. The van der Waals surface area contributed by atoms with Gasteiger partial charge in [-0.05, 0) is 36.8 Å². The number of methoxy groups -OCH3 is 1. The predicted molar refractivity (Wildman–Crippen MR) is 73.0 cm³/mol. The van der Waals surface area contributed by atoms with Gasteiger partial charge in [0.25, 0.3) is 0 Å². The maximum absolute atomic E-state index is 13.5. The van der Waals surface area contributed by atoms with Gasteiger partial charge in [-0.25, -0.2) is 4.39 Å². The van der Waals surface area contributed by atoms with Crippen LogP contribution in [0, 0.1) is 12.7 Å². The molecule has 0 aromatic heterocycles. The lowest BCUT2D eigenvalue weighted by molar-refractivity contribution is 0.373. The highest BCUT2D eigenvalue weighted by Gasteiger charge is 2.05. The normalized spacial score (nSPS) is 10.9. The number of rotatable bonds is 3. The second kappa shape index (κ2) is 5.52. The molecule has 0 heterocycles. The van der Waals surface area contributed by atoms with Crippen molar-refractivity contribution in [3.8, 4) is 11.5 Å².